The van der Waals surface area contributed by atoms with Crippen LogP contribution in [0.1, 0.15) is 22.3 Å². The number of hydrogen-bond acceptors (Lipinski definition) is 4. The zero-order valence-corrected chi connectivity index (χ0v) is 12.8. The van der Waals surface area contributed by atoms with Crippen molar-refractivity contribution in [1.82, 2.24) is 0 Å². The molecule has 2 aromatic rings. The molecule has 5 heteroatoms. The fourth-order valence-electron chi connectivity index (χ4n) is 2.46. The Balaban J connectivity index is 1.87. The molecular formula is C18H17NO4. The number of nitrogens with zero attached hydrogens (tertiary/aromatic N) is 1. The molecule has 1 heterocycles. The molecule has 0 aromatic heterocycles. The third kappa shape index (κ3) is 3.18. The van der Waals surface area contributed by atoms with Gasteiger partial charge in [0.2, 0.25) is 5.91 Å². The summed E-state index contributed by atoms with van der Waals surface area (Å²) in [6.07, 6.45) is 0.553. The Hall–Kier alpha value is -2.82. The minimum absolute atomic E-state index is 0.0804. The second kappa shape index (κ2) is 6.52. The Labute approximate surface area is 134 Å². The Kier molecular flexibility index (Phi) is 4.28. The summed E-state index contributed by atoms with van der Waals surface area (Å²) in [6, 6.07) is 14.6. The fraction of sp³-hybridized carbons (Fsp3) is 0.222. The van der Waals surface area contributed by atoms with Crippen LogP contribution in [0.3, 0.4) is 0 Å². The quantitative estimate of drug-likeness (QED) is 0.629. The average Bonchev–Trinajstić information content (AvgIpc) is 2.59. The number of carbonyl (C=O) groups excluding carboxylic acids is 2. The monoisotopic (exact) mass is 311 g/mol. The summed E-state index contributed by atoms with van der Waals surface area (Å²) in [5, 5.41) is 0. The van der Waals surface area contributed by atoms with Gasteiger partial charge >= 0.3 is 5.97 Å². The molecule has 0 atom stereocenters. The van der Waals surface area contributed by atoms with Crippen molar-refractivity contribution in [2.75, 3.05) is 18.6 Å². The van der Waals surface area contributed by atoms with Crippen molar-refractivity contribution in [1.29, 1.82) is 0 Å². The van der Waals surface area contributed by atoms with Crippen molar-refractivity contribution in [2.24, 2.45) is 0 Å². The molecule has 118 valence electrons. The van der Waals surface area contributed by atoms with Crippen LogP contribution in [0.25, 0.3) is 0 Å². The van der Waals surface area contributed by atoms with E-state index in [-0.39, 0.29) is 12.5 Å². The van der Waals surface area contributed by atoms with Crippen LogP contribution in [0.15, 0.2) is 48.5 Å². The van der Waals surface area contributed by atoms with Gasteiger partial charge in [-0.1, -0.05) is 18.2 Å². The Bertz CT molecular complexity index is 727. The molecule has 5 nitrogen and oxygen atoms in total. The maximum Gasteiger partial charge on any atom is 0.337 e. The number of carbonyl (C=O) groups is 2. The van der Waals surface area contributed by atoms with Gasteiger partial charge < -0.3 is 14.4 Å². The molecular weight excluding hydrogens is 294 g/mol. The van der Waals surface area contributed by atoms with E-state index >= 15 is 0 Å². The fourth-order valence-corrected chi connectivity index (χ4v) is 2.46. The van der Waals surface area contributed by atoms with E-state index in [0.717, 1.165) is 17.0 Å². The molecule has 23 heavy (non-hydrogen) atoms. The van der Waals surface area contributed by atoms with Gasteiger partial charge in [-0.15, -0.1) is 0 Å². The minimum Gasteiger partial charge on any atom is -0.489 e. The summed E-state index contributed by atoms with van der Waals surface area (Å²) in [5.74, 6) is 0.404. The second-order valence-electron chi connectivity index (χ2n) is 5.23. The van der Waals surface area contributed by atoms with Crippen LogP contribution in [0.5, 0.6) is 5.75 Å². The molecule has 0 radical (unpaired) electrons. The predicted molar refractivity (Wildman–Crippen MR) is 85.5 cm³/mol. The number of β-lactam (4-membered cyclic amide) rings is 1. The lowest BCUT2D eigenvalue weighted by molar-refractivity contribution is -0.122. The standard InChI is InChI=1S/C18H17NO4/c1-22-18(21)13-7-8-16(19-10-9-17(19)20)14(11-13)12-23-15-5-3-2-4-6-15/h2-8,11H,9-10,12H2,1H3. The Morgan fingerprint density at radius 3 is 2.57 bits per heavy atom. The number of methoxy groups -OCH3 is 1. The van der Waals surface area contributed by atoms with Gasteiger partial charge in [-0.05, 0) is 30.3 Å². The van der Waals surface area contributed by atoms with Crippen molar-refractivity contribution in [3.05, 3.63) is 59.7 Å². The summed E-state index contributed by atoms with van der Waals surface area (Å²) in [4.78, 5) is 25.2. The van der Waals surface area contributed by atoms with Gasteiger partial charge in [0.1, 0.15) is 12.4 Å². The summed E-state index contributed by atoms with van der Waals surface area (Å²) in [6.45, 7) is 0.961. The van der Waals surface area contributed by atoms with Gasteiger partial charge in [-0.25, -0.2) is 4.79 Å². The molecule has 2 aromatic carbocycles. The number of rotatable bonds is 5. The number of benzene rings is 2. The normalized spacial score (nSPS) is 13.4. The van der Waals surface area contributed by atoms with E-state index in [1.54, 1.807) is 23.1 Å². The highest BCUT2D eigenvalue weighted by atomic mass is 16.5. The third-order valence-corrected chi connectivity index (χ3v) is 3.78. The van der Waals surface area contributed by atoms with E-state index in [9.17, 15) is 9.59 Å². The smallest absolute Gasteiger partial charge is 0.337 e. The SMILES string of the molecule is COC(=O)c1ccc(N2CCC2=O)c(COc2ccccc2)c1. The van der Waals surface area contributed by atoms with Crippen molar-refractivity contribution >= 4 is 17.6 Å². The first-order chi connectivity index (χ1) is 11.2. The topological polar surface area (TPSA) is 55.8 Å². The predicted octanol–water partition coefficient (Wildman–Crippen LogP) is 2.79. The van der Waals surface area contributed by atoms with E-state index in [2.05, 4.69) is 0 Å². The number of para-hydroxylation sites is 1. The van der Waals surface area contributed by atoms with Crippen LogP contribution < -0.4 is 9.64 Å². The van der Waals surface area contributed by atoms with E-state index in [1.807, 2.05) is 30.3 Å². The maximum absolute atomic E-state index is 11.7. The average molecular weight is 311 g/mol. The summed E-state index contributed by atoms with van der Waals surface area (Å²) < 4.78 is 10.5. The van der Waals surface area contributed by atoms with Crippen molar-refractivity contribution < 1.29 is 19.1 Å². The Morgan fingerprint density at radius 2 is 1.96 bits per heavy atom. The van der Waals surface area contributed by atoms with E-state index in [1.165, 1.54) is 7.11 Å². The zero-order chi connectivity index (χ0) is 16.2. The lowest BCUT2D eigenvalue weighted by Gasteiger charge is -2.32. The van der Waals surface area contributed by atoms with Gasteiger partial charge in [0.15, 0.2) is 0 Å². The van der Waals surface area contributed by atoms with E-state index in [4.69, 9.17) is 9.47 Å². The number of esters is 1. The van der Waals surface area contributed by atoms with Gasteiger partial charge in [-0.3, -0.25) is 4.79 Å². The molecule has 0 N–H and O–H groups in total. The number of amides is 1. The summed E-state index contributed by atoms with van der Waals surface area (Å²) >= 11 is 0. The maximum atomic E-state index is 11.7. The van der Waals surface area contributed by atoms with Crippen LogP contribution in [0.4, 0.5) is 5.69 Å². The molecule has 0 unspecified atom stereocenters. The lowest BCUT2D eigenvalue weighted by Crippen LogP contribution is -2.44. The summed E-state index contributed by atoms with van der Waals surface area (Å²) in [7, 11) is 1.34. The van der Waals surface area contributed by atoms with Crippen LogP contribution in [0, 0.1) is 0 Å². The first-order valence-electron chi connectivity index (χ1n) is 7.38. The van der Waals surface area contributed by atoms with Gasteiger partial charge in [0.05, 0.1) is 18.4 Å². The molecule has 3 rings (SSSR count). The van der Waals surface area contributed by atoms with Gasteiger partial charge in [-0.2, -0.15) is 0 Å². The molecule has 1 saturated heterocycles. The molecule has 1 aliphatic heterocycles. The minimum atomic E-state index is -0.410. The molecule has 1 amide bonds. The molecule has 0 spiro atoms. The highest BCUT2D eigenvalue weighted by Gasteiger charge is 2.27. The highest BCUT2D eigenvalue weighted by Crippen LogP contribution is 2.28. The van der Waals surface area contributed by atoms with Crippen LogP contribution >= 0.6 is 0 Å². The van der Waals surface area contributed by atoms with E-state index < -0.39 is 5.97 Å². The third-order valence-electron chi connectivity index (χ3n) is 3.78. The molecule has 0 saturated carbocycles. The van der Waals surface area contributed by atoms with Crippen LogP contribution in [0.2, 0.25) is 0 Å². The number of ether oxygens (including phenoxy) is 2. The van der Waals surface area contributed by atoms with Gasteiger partial charge in [0, 0.05) is 18.5 Å². The number of hydrogen-bond donors (Lipinski definition) is 0. The van der Waals surface area contributed by atoms with Crippen LogP contribution in [-0.4, -0.2) is 25.5 Å². The van der Waals surface area contributed by atoms with E-state index in [0.29, 0.717) is 18.5 Å². The van der Waals surface area contributed by atoms with Gasteiger partial charge in [0.25, 0.3) is 0 Å². The largest absolute Gasteiger partial charge is 0.489 e. The number of anilines is 1. The van der Waals surface area contributed by atoms with Crippen molar-refractivity contribution in [3.8, 4) is 5.75 Å². The summed E-state index contributed by atoms with van der Waals surface area (Å²) in [5.41, 5.74) is 2.01. The first kappa shape index (κ1) is 15.1. The van der Waals surface area contributed by atoms with Crippen molar-refractivity contribution in [3.63, 3.8) is 0 Å². The first-order valence-corrected chi connectivity index (χ1v) is 7.38. The van der Waals surface area contributed by atoms with Crippen LogP contribution in [-0.2, 0) is 16.1 Å². The zero-order valence-electron chi connectivity index (χ0n) is 12.8. The molecule has 1 aliphatic rings. The highest BCUT2D eigenvalue weighted by molar-refractivity contribution is 6.00. The molecule has 0 bridgehead atoms. The molecule has 0 aliphatic carbocycles. The second-order valence-corrected chi connectivity index (χ2v) is 5.23. The molecule has 1 fully saturated rings. The Morgan fingerprint density at radius 1 is 1.17 bits per heavy atom. The lowest BCUT2D eigenvalue weighted by atomic mass is 10.0. The van der Waals surface area contributed by atoms with Crippen molar-refractivity contribution in [2.45, 2.75) is 13.0 Å².